The van der Waals surface area contributed by atoms with Gasteiger partial charge in [-0.15, -0.1) is 0 Å². The van der Waals surface area contributed by atoms with E-state index in [2.05, 4.69) is 20.1 Å². The number of hydrogen-bond acceptors (Lipinski definition) is 5. The smallest absolute Gasteiger partial charge is 0.416 e. The highest BCUT2D eigenvalue weighted by Crippen LogP contribution is 2.31. The van der Waals surface area contributed by atoms with Gasteiger partial charge in [-0.2, -0.15) is 13.2 Å². The van der Waals surface area contributed by atoms with Gasteiger partial charge in [-0.3, -0.25) is 9.20 Å². The first-order chi connectivity index (χ1) is 18.9. The van der Waals surface area contributed by atoms with Crippen molar-refractivity contribution in [3.63, 3.8) is 0 Å². The molecule has 0 aliphatic carbocycles. The van der Waals surface area contributed by atoms with Crippen molar-refractivity contribution in [3.8, 4) is 11.3 Å². The molecule has 0 bridgehead atoms. The minimum atomic E-state index is -4.46. The molecule has 206 valence electrons. The molecule has 0 unspecified atom stereocenters. The van der Waals surface area contributed by atoms with Crippen molar-refractivity contribution in [3.05, 3.63) is 89.8 Å². The van der Waals surface area contributed by atoms with Crippen LogP contribution in [-0.4, -0.2) is 45.1 Å². The van der Waals surface area contributed by atoms with E-state index in [-0.39, 0.29) is 18.8 Å². The molecule has 0 atom stereocenters. The molecule has 0 radical (unpaired) electrons. The molecule has 0 fully saturated rings. The van der Waals surface area contributed by atoms with Crippen molar-refractivity contribution in [2.75, 3.05) is 18.0 Å². The summed E-state index contributed by atoms with van der Waals surface area (Å²) in [7, 11) is 0. The van der Waals surface area contributed by atoms with Gasteiger partial charge < -0.3 is 15.0 Å². The lowest BCUT2D eigenvalue weighted by atomic mass is 10.1. The fourth-order valence-corrected chi connectivity index (χ4v) is 3.82. The monoisotopic (exact) mass is 550 g/mol. The van der Waals surface area contributed by atoms with Crippen LogP contribution in [0, 0.1) is 6.57 Å². The number of nitrogens with one attached hydrogen (secondary N) is 1. The number of carbonyl (C=O) groups excluding carboxylic acids is 2. The number of ether oxygens (including phenoxy) is 1. The largest absolute Gasteiger partial charge is 0.444 e. The number of anilines is 1. The van der Waals surface area contributed by atoms with E-state index >= 15 is 0 Å². The number of carbonyl (C=O) groups is 2. The van der Waals surface area contributed by atoms with E-state index in [1.54, 1.807) is 49.4 Å². The molecule has 0 saturated carbocycles. The average molecular weight is 551 g/mol. The summed E-state index contributed by atoms with van der Waals surface area (Å²) < 4.78 is 45.8. The molecule has 0 spiro atoms. The fourth-order valence-electron chi connectivity index (χ4n) is 3.82. The molecule has 0 aliphatic heterocycles. The van der Waals surface area contributed by atoms with E-state index in [0.717, 1.165) is 12.1 Å². The van der Waals surface area contributed by atoms with Crippen molar-refractivity contribution < 1.29 is 27.5 Å². The predicted molar refractivity (Wildman–Crippen MR) is 142 cm³/mol. The normalized spacial score (nSPS) is 11.6. The number of nitrogens with zero attached hydrogens (tertiary/aromatic N) is 5. The number of alkyl halides is 3. The average Bonchev–Trinajstić information content (AvgIpc) is 3.33. The van der Waals surface area contributed by atoms with Gasteiger partial charge in [-0.05, 0) is 45.0 Å². The van der Waals surface area contributed by atoms with Gasteiger partial charge in [0.05, 0.1) is 30.2 Å². The van der Waals surface area contributed by atoms with E-state index in [9.17, 15) is 22.8 Å². The van der Waals surface area contributed by atoms with Crippen LogP contribution in [0.2, 0.25) is 0 Å². The van der Waals surface area contributed by atoms with Gasteiger partial charge in [0, 0.05) is 30.5 Å². The molecule has 0 saturated heterocycles. The second-order valence-corrected chi connectivity index (χ2v) is 9.73. The summed E-state index contributed by atoms with van der Waals surface area (Å²) in [5, 5.41) is 2.62. The Morgan fingerprint density at radius 2 is 1.70 bits per heavy atom. The van der Waals surface area contributed by atoms with E-state index in [0.29, 0.717) is 28.3 Å². The molecule has 4 rings (SSSR count). The second-order valence-electron chi connectivity index (χ2n) is 9.73. The van der Waals surface area contributed by atoms with Gasteiger partial charge in [0.15, 0.2) is 11.3 Å². The molecule has 2 aromatic carbocycles. The van der Waals surface area contributed by atoms with Crippen molar-refractivity contribution in [1.82, 2.24) is 19.7 Å². The summed E-state index contributed by atoms with van der Waals surface area (Å²) in [6, 6.07) is 11.0. The van der Waals surface area contributed by atoms with Gasteiger partial charge in [0.2, 0.25) is 0 Å². The quantitative estimate of drug-likeness (QED) is 0.291. The molecular formula is C28H25F3N6O3. The Morgan fingerprint density at radius 1 is 1.02 bits per heavy atom. The third-order valence-corrected chi connectivity index (χ3v) is 5.66. The Morgan fingerprint density at radius 3 is 2.30 bits per heavy atom. The summed E-state index contributed by atoms with van der Waals surface area (Å²) in [6.07, 6.45) is -0.766. The van der Waals surface area contributed by atoms with Crippen LogP contribution in [0.25, 0.3) is 21.7 Å². The van der Waals surface area contributed by atoms with Crippen LogP contribution in [0.4, 0.5) is 29.3 Å². The molecule has 2 heterocycles. The number of fused-ring (bicyclic) bond motifs is 1. The zero-order chi connectivity index (χ0) is 29.1. The molecule has 2 amide bonds. The third-order valence-electron chi connectivity index (χ3n) is 5.66. The number of benzene rings is 2. The lowest BCUT2D eigenvalue weighted by Gasteiger charge is -2.24. The van der Waals surface area contributed by atoms with E-state index < -0.39 is 29.3 Å². The predicted octanol–water partition coefficient (Wildman–Crippen LogP) is 6.14. The molecule has 2 aromatic heterocycles. The zero-order valence-electron chi connectivity index (χ0n) is 21.9. The molecule has 9 nitrogen and oxygen atoms in total. The van der Waals surface area contributed by atoms with E-state index in [1.165, 1.54) is 35.6 Å². The Labute approximate surface area is 228 Å². The second kappa shape index (κ2) is 11.1. The summed E-state index contributed by atoms with van der Waals surface area (Å²) >= 11 is 0. The summed E-state index contributed by atoms with van der Waals surface area (Å²) in [5.74, 6) is -0.504. The summed E-state index contributed by atoms with van der Waals surface area (Å²) in [5.41, 5.74) is 0.766. The molecule has 4 aromatic rings. The maximum absolute atomic E-state index is 13.7. The number of aromatic nitrogens is 3. The Kier molecular flexibility index (Phi) is 7.77. The standard InChI is InChI=1S/C28H25F3N6O3/c1-27(2,3)40-26(39)33-13-14-36(21-11-9-20(32-4)10-12-21)25(38)22-17-37-23(15-35-24(37)16-34-22)18-5-7-19(8-6-18)28(29,30)31/h5-12,15-17H,13-14H2,1-3H3,(H,33,39). The van der Waals surface area contributed by atoms with Crippen LogP contribution in [-0.2, 0) is 10.9 Å². The van der Waals surface area contributed by atoms with E-state index in [1.807, 2.05) is 0 Å². The minimum absolute atomic E-state index is 0.0326. The maximum atomic E-state index is 13.7. The van der Waals surface area contributed by atoms with Gasteiger partial charge in [-0.1, -0.05) is 24.3 Å². The van der Waals surface area contributed by atoms with Gasteiger partial charge in [0.1, 0.15) is 11.3 Å². The first kappa shape index (κ1) is 28.1. The van der Waals surface area contributed by atoms with Crippen LogP contribution in [0.15, 0.2) is 67.1 Å². The van der Waals surface area contributed by atoms with Gasteiger partial charge in [-0.25, -0.2) is 19.6 Å². The molecular weight excluding hydrogens is 525 g/mol. The lowest BCUT2D eigenvalue weighted by molar-refractivity contribution is -0.137. The summed E-state index contributed by atoms with van der Waals surface area (Å²) in [4.78, 5) is 39.0. The first-order valence-electron chi connectivity index (χ1n) is 12.1. The van der Waals surface area contributed by atoms with Crippen LogP contribution in [0.1, 0.15) is 36.8 Å². The topological polar surface area (TPSA) is 93.2 Å². The number of rotatable bonds is 6. The van der Waals surface area contributed by atoms with Crippen LogP contribution in [0.3, 0.4) is 0 Å². The number of alkyl carbamates (subject to hydrolysis) is 1. The molecule has 1 N–H and O–H groups in total. The van der Waals surface area contributed by atoms with E-state index in [4.69, 9.17) is 11.3 Å². The van der Waals surface area contributed by atoms with Crippen molar-refractivity contribution in [2.45, 2.75) is 32.5 Å². The van der Waals surface area contributed by atoms with Crippen molar-refractivity contribution in [1.29, 1.82) is 0 Å². The highest BCUT2D eigenvalue weighted by atomic mass is 19.4. The van der Waals surface area contributed by atoms with Crippen LogP contribution >= 0.6 is 0 Å². The minimum Gasteiger partial charge on any atom is -0.444 e. The number of hydrogen-bond donors (Lipinski definition) is 1. The highest BCUT2D eigenvalue weighted by molar-refractivity contribution is 6.05. The van der Waals surface area contributed by atoms with Gasteiger partial charge in [0.25, 0.3) is 5.91 Å². The Balaban J connectivity index is 1.63. The lowest BCUT2D eigenvalue weighted by Crippen LogP contribution is -2.40. The Hall–Kier alpha value is -4.92. The number of amides is 2. The highest BCUT2D eigenvalue weighted by Gasteiger charge is 2.30. The SMILES string of the molecule is [C-]#[N+]c1ccc(N(CCNC(=O)OC(C)(C)C)C(=O)c2cn3c(-c4ccc(C(F)(F)F)cc4)cnc3cn2)cc1. The number of imidazole rings is 1. The summed E-state index contributed by atoms with van der Waals surface area (Å²) in [6.45, 7) is 12.5. The van der Waals surface area contributed by atoms with Crippen LogP contribution < -0.4 is 10.2 Å². The molecule has 40 heavy (non-hydrogen) atoms. The van der Waals surface area contributed by atoms with Crippen molar-refractivity contribution >= 4 is 29.0 Å². The first-order valence-corrected chi connectivity index (χ1v) is 12.1. The maximum Gasteiger partial charge on any atom is 0.416 e. The van der Waals surface area contributed by atoms with Crippen LogP contribution in [0.5, 0.6) is 0 Å². The number of halogens is 3. The Bertz CT molecular complexity index is 1570. The van der Waals surface area contributed by atoms with Gasteiger partial charge >= 0.3 is 12.3 Å². The fraction of sp³-hybridized carbons (Fsp3) is 0.250. The van der Waals surface area contributed by atoms with Crippen molar-refractivity contribution in [2.24, 2.45) is 0 Å². The molecule has 12 heteroatoms. The molecule has 0 aliphatic rings. The third kappa shape index (κ3) is 6.55. The zero-order valence-corrected chi connectivity index (χ0v) is 21.9.